The van der Waals surface area contributed by atoms with Gasteiger partial charge in [0.1, 0.15) is 28.2 Å². The third-order valence-electron chi connectivity index (χ3n) is 3.25. The molecule has 3 aromatic rings. The van der Waals surface area contributed by atoms with Gasteiger partial charge in [0.25, 0.3) is 0 Å². The smallest absolute Gasteiger partial charge is 0.446 e. The third kappa shape index (κ3) is 2.97. The van der Waals surface area contributed by atoms with E-state index in [-0.39, 0.29) is 34.0 Å². The molecule has 0 aliphatic rings. The second-order valence-corrected chi connectivity index (χ2v) is 5.92. The van der Waals surface area contributed by atoms with Gasteiger partial charge in [-0.05, 0) is 24.6 Å². The summed E-state index contributed by atoms with van der Waals surface area (Å²) in [6.07, 6.45) is 0. The number of phenols is 2. The van der Waals surface area contributed by atoms with Crippen LogP contribution in [0.25, 0.3) is 21.7 Å². The lowest BCUT2D eigenvalue weighted by Gasteiger charge is -2.09. The molecule has 0 amide bonds. The molecule has 128 valence electrons. The minimum atomic E-state index is -4.73. The molecule has 0 radical (unpaired) electrons. The maximum Gasteiger partial charge on any atom is 0.446 e. The normalized spacial score (nSPS) is 11.4. The minimum Gasteiger partial charge on any atom is -0.508 e. The molecule has 6 N–H and O–H groups in total. The largest absolute Gasteiger partial charge is 0.508 e. The van der Waals surface area contributed by atoms with Gasteiger partial charge in [-0.1, -0.05) is 0 Å². The van der Waals surface area contributed by atoms with Crippen LogP contribution in [0.15, 0.2) is 33.5 Å². The van der Waals surface area contributed by atoms with Crippen LogP contribution in [0.2, 0.25) is 0 Å². The predicted octanol–water partition coefficient (Wildman–Crippen LogP) is 2.01. The number of fused-ring (bicyclic) bond motifs is 3. The van der Waals surface area contributed by atoms with Crippen molar-refractivity contribution in [2.45, 2.75) is 6.92 Å². The van der Waals surface area contributed by atoms with Gasteiger partial charge < -0.3 is 25.0 Å². The molecule has 0 saturated carbocycles. The summed E-state index contributed by atoms with van der Waals surface area (Å²) >= 11 is 0. The van der Waals surface area contributed by atoms with Gasteiger partial charge in [-0.3, -0.25) is 4.55 Å². The van der Waals surface area contributed by atoms with Crippen LogP contribution in [0.4, 0.5) is 0 Å². The number of hydrogen-bond acceptors (Lipinski definition) is 8. The van der Waals surface area contributed by atoms with E-state index in [9.17, 15) is 23.4 Å². The number of aromatic hydroxyl groups is 2. The Labute approximate surface area is 135 Å². The quantitative estimate of drug-likeness (QED) is 0.305. The van der Waals surface area contributed by atoms with Crippen molar-refractivity contribution in [1.29, 1.82) is 0 Å². The lowest BCUT2D eigenvalue weighted by Crippen LogP contribution is -2.07. The maximum absolute atomic E-state index is 12.0. The summed E-state index contributed by atoms with van der Waals surface area (Å²) in [5, 5.41) is 20.0. The van der Waals surface area contributed by atoms with Gasteiger partial charge in [0.05, 0.1) is 0 Å². The van der Waals surface area contributed by atoms with Crippen LogP contribution < -0.4 is 16.0 Å². The Morgan fingerprint density at radius 1 is 1.08 bits per heavy atom. The second kappa shape index (κ2) is 5.67. The maximum atomic E-state index is 12.0. The summed E-state index contributed by atoms with van der Waals surface area (Å²) < 4.78 is 39.7. The Morgan fingerprint density at radius 2 is 1.75 bits per heavy atom. The van der Waals surface area contributed by atoms with Gasteiger partial charge in [-0.2, -0.15) is 8.42 Å². The second-order valence-electron chi connectivity index (χ2n) is 4.90. The molecule has 0 aliphatic carbocycles. The summed E-state index contributed by atoms with van der Waals surface area (Å²) in [6.45, 7) is 1.58. The molecule has 0 atom stereocenters. The summed E-state index contributed by atoms with van der Waals surface area (Å²) in [6, 6.07) is 4.70. The Bertz CT molecular complexity index is 1120. The molecule has 1 aromatic heterocycles. The predicted molar refractivity (Wildman–Crippen MR) is 85.3 cm³/mol. The highest BCUT2D eigenvalue weighted by atomic mass is 32.3. The van der Waals surface area contributed by atoms with Gasteiger partial charge in [0, 0.05) is 22.9 Å². The molecular weight excluding hydrogens is 342 g/mol. The average Bonchev–Trinajstić information content (AvgIpc) is 2.34. The lowest BCUT2D eigenvalue weighted by atomic mass is 10.0. The summed E-state index contributed by atoms with van der Waals surface area (Å²) in [5.74, 6) is -0.933. The van der Waals surface area contributed by atoms with Crippen molar-refractivity contribution in [3.8, 4) is 17.2 Å². The molecule has 9 nitrogen and oxygen atoms in total. The molecule has 0 fully saturated rings. The van der Waals surface area contributed by atoms with E-state index in [0.717, 1.165) is 12.1 Å². The highest BCUT2D eigenvalue weighted by Crippen LogP contribution is 2.35. The molecule has 0 saturated heterocycles. The molecule has 3 rings (SSSR count). The van der Waals surface area contributed by atoms with Crippen LogP contribution in [-0.4, -0.2) is 23.2 Å². The zero-order chi connectivity index (χ0) is 16.9. The average molecular weight is 355 g/mol. The molecule has 24 heavy (non-hydrogen) atoms. The number of rotatable bonds is 2. The fourth-order valence-electron chi connectivity index (χ4n) is 2.49. The van der Waals surface area contributed by atoms with Crippen LogP contribution >= 0.6 is 0 Å². The van der Waals surface area contributed by atoms with Crippen LogP contribution in [0, 0.1) is 6.92 Å². The number of benzene rings is 2. The molecule has 0 aliphatic heterocycles. The van der Waals surface area contributed by atoms with Crippen molar-refractivity contribution >= 4 is 32.1 Å². The van der Waals surface area contributed by atoms with E-state index in [4.69, 9.17) is 8.97 Å². The topological polar surface area (TPSA) is 169 Å². The Morgan fingerprint density at radius 3 is 2.38 bits per heavy atom. The Balaban J connectivity index is 0.00000208. The fourth-order valence-corrected chi connectivity index (χ4v) is 2.83. The first-order valence-corrected chi connectivity index (χ1v) is 7.62. The van der Waals surface area contributed by atoms with Crippen LogP contribution in [0.1, 0.15) is 5.56 Å². The minimum absolute atomic E-state index is 0. The van der Waals surface area contributed by atoms with Crippen molar-refractivity contribution in [3.63, 3.8) is 0 Å². The lowest BCUT2D eigenvalue weighted by molar-refractivity contribution is 0.386. The molecule has 0 spiro atoms. The Kier molecular flexibility index (Phi) is 4.14. The van der Waals surface area contributed by atoms with E-state index in [1.807, 2.05) is 0 Å². The summed E-state index contributed by atoms with van der Waals surface area (Å²) in [4.78, 5) is 12.0. The monoisotopic (exact) mass is 355 g/mol. The van der Waals surface area contributed by atoms with Crippen LogP contribution in [0.3, 0.4) is 0 Å². The molecular formula is C14H13NO8S. The van der Waals surface area contributed by atoms with Crippen molar-refractivity contribution in [3.05, 3.63) is 40.2 Å². The number of phenolic OH excluding ortho intramolecular Hbond substituents is 2. The number of hydrogen-bond donors (Lipinski definition) is 4. The highest BCUT2D eigenvalue weighted by molar-refractivity contribution is 7.81. The van der Waals surface area contributed by atoms with Crippen LogP contribution in [0.5, 0.6) is 17.2 Å². The zero-order valence-corrected chi connectivity index (χ0v) is 13.1. The van der Waals surface area contributed by atoms with E-state index in [1.165, 1.54) is 12.1 Å². The number of aryl methyl sites for hydroxylation is 1. The van der Waals surface area contributed by atoms with Crippen molar-refractivity contribution in [2.24, 2.45) is 0 Å². The Hall–Kier alpha value is -2.82. The first-order valence-electron chi connectivity index (χ1n) is 6.26. The van der Waals surface area contributed by atoms with Crippen molar-refractivity contribution in [2.75, 3.05) is 0 Å². The SMILES string of the molecule is Cc1cc(OS(=O)(=O)O)cc2oc(=O)c3c(O)cc(O)cc3c12.N. The summed E-state index contributed by atoms with van der Waals surface area (Å²) in [5.41, 5.74) is -0.445. The molecule has 10 heteroatoms. The highest BCUT2D eigenvalue weighted by Gasteiger charge is 2.17. The van der Waals surface area contributed by atoms with Gasteiger partial charge in [0.2, 0.25) is 0 Å². The van der Waals surface area contributed by atoms with E-state index in [2.05, 4.69) is 4.18 Å². The van der Waals surface area contributed by atoms with E-state index in [0.29, 0.717) is 10.9 Å². The van der Waals surface area contributed by atoms with E-state index >= 15 is 0 Å². The van der Waals surface area contributed by atoms with E-state index < -0.39 is 21.8 Å². The molecule has 2 aromatic carbocycles. The van der Waals surface area contributed by atoms with Crippen molar-refractivity contribution < 1.29 is 31.8 Å². The fraction of sp³-hybridized carbons (Fsp3) is 0.0714. The summed E-state index contributed by atoms with van der Waals surface area (Å²) in [7, 11) is -4.73. The zero-order valence-electron chi connectivity index (χ0n) is 12.3. The first kappa shape index (κ1) is 17.5. The molecule has 0 unspecified atom stereocenters. The first-order chi connectivity index (χ1) is 10.7. The third-order valence-corrected chi connectivity index (χ3v) is 3.66. The van der Waals surface area contributed by atoms with E-state index in [1.54, 1.807) is 6.92 Å². The van der Waals surface area contributed by atoms with Gasteiger partial charge in [-0.15, -0.1) is 0 Å². The van der Waals surface area contributed by atoms with Crippen molar-refractivity contribution in [1.82, 2.24) is 6.15 Å². The molecule has 1 heterocycles. The molecule has 0 bridgehead atoms. The van der Waals surface area contributed by atoms with Gasteiger partial charge >= 0.3 is 16.0 Å². The van der Waals surface area contributed by atoms with Crippen LogP contribution in [-0.2, 0) is 10.4 Å². The standard InChI is InChI=1S/C14H10O8S.H3N/c1-6-2-8(22-23(18,19)20)5-11-12(6)9-3-7(15)4-10(16)13(9)14(17)21-11;/h2-5,15-16H,1H3,(H,18,19,20);1H3. The van der Waals surface area contributed by atoms with Gasteiger partial charge in [0.15, 0.2) is 0 Å². The van der Waals surface area contributed by atoms with Gasteiger partial charge in [-0.25, -0.2) is 4.79 Å².